The molecule has 0 aliphatic carbocycles. The van der Waals surface area contributed by atoms with E-state index in [1.165, 1.54) is 4.31 Å². The fourth-order valence-electron chi connectivity index (χ4n) is 2.74. The molecule has 1 aliphatic rings. The minimum absolute atomic E-state index is 0.0193. The van der Waals surface area contributed by atoms with Gasteiger partial charge in [0.05, 0.1) is 5.75 Å². The van der Waals surface area contributed by atoms with E-state index in [0.717, 1.165) is 11.1 Å². The highest BCUT2D eigenvalue weighted by molar-refractivity contribution is 7.88. The molecule has 0 radical (unpaired) electrons. The van der Waals surface area contributed by atoms with Gasteiger partial charge in [0, 0.05) is 32.1 Å². The maximum absolute atomic E-state index is 12.6. The van der Waals surface area contributed by atoms with Crippen molar-refractivity contribution in [3.63, 3.8) is 0 Å². The number of amides is 1. The summed E-state index contributed by atoms with van der Waals surface area (Å²) in [6, 6.07) is 7.57. The van der Waals surface area contributed by atoms with Gasteiger partial charge in [-0.15, -0.1) is 0 Å². The van der Waals surface area contributed by atoms with E-state index in [-0.39, 0.29) is 17.6 Å². The Balaban J connectivity index is 2.03. The van der Waals surface area contributed by atoms with Crippen LogP contribution >= 0.6 is 0 Å². The van der Waals surface area contributed by atoms with Crippen LogP contribution in [-0.4, -0.2) is 49.7 Å². The second-order valence-electron chi connectivity index (χ2n) is 6.47. The van der Waals surface area contributed by atoms with Gasteiger partial charge in [-0.2, -0.15) is 4.31 Å². The van der Waals surface area contributed by atoms with Gasteiger partial charge in [-0.1, -0.05) is 43.7 Å². The number of hydrogen-bond donors (Lipinski definition) is 0. The van der Waals surface area contributed by atoms with Crippen molar-refractivity contribution < 1.29 is 13.2 Å². The summed E-state index contributed by atoms with van der Waals surface area (Å²) in [7, 11) is -3.35. The van der Waals surface area contributed by atoms with E-state index >= 15 is 0 Å². The van der Waals surface area contributed by atoms with Crippen molar-refractivity contribution in [2.75, 3.05) is 26.2 Å². The molecule has 0 unspecified atom stereocenters. The molecule has 128 valence electrons. The Morgan fingerprint density at radius 3 is 2.35 bits per heavy atom. The molecule has 0 aromatic heterocycles. The molecule has 0 atom stereocenters. The number of nitrogens with zero attached hydrogens (tertiary/aromatic N) is 2. The molecule has 6 heteroatoms. The predicted molar refractivity (Wildman–Crippen MR) is 91.4 cm³/mol. The van der Waals surface area contributed by atoms with Gasteiger partial charge in [0.25, 0.3) is 0 Å². The zero-order valence-corrected chi connectivity index (χ0v) is 15.0. The first-order valence-electron chi connectivity index (χ1n) is 8.12. The second-order valence-corrected chi connectivity index (χ2v) is 8.44. The van der Waals surface area contributed by atoms with E-state index in [4.69, 9.17) is 0 Å². The summed E-state index contributed by atoms with van der Waals surface area (Å²) in [6.07, 6.45) is 0.686. The van der Waals surface area contributed by atoms with Gasteiger partial charge >= 0.3 is 0 Å². The van der Waals surface area contributed by atoms with E-state index < -0.39 is 10.0 Å². The van der Waals surface area contributed by atoms with Crippen molar-refractivity contribution in [3.8, 4) is 0 Å². The lowest BCUT2D eigenvalue weighted by Gasteiger charge is -2.23. The molecule has 1 fully saturated rings. The molecule has 0 saturated carbocycles. The highest BCUT2D eigenvalue weighted by atomic mass is 32.2. The topological polar surface area (TPSA) is 57.7 Å². The number of sulfonamides is 1. The van der Waals surface area contributed by atoms with Crippen molar-refractivity contribution in [1.29, 1.82) is 0 Å². The molecule has 2 rings (SSSR count). The van der Waals surface area contributed by atoms with Gasteiger partial charge in [-0.05, 0) is 18.9 Å². The van der Waals surface area contributed by atoms with Gasteiger partial charge in [0.15, 0.2) is 0 Å². The molecule has 5 nitrogen and oxygen atoms in total. The molecule has 1 amide bonds. The SMILES string of the molecule is Cc1ccc(CS(=O)(=O)N2CCCN(C(=O)C(C)C)CC2)cc1. The van der Waals surface area contributed by atoms with Crippen LogP contribution in [0.15, 0.2) is 24.3 Å². The highest BCUT2D eigenvalue weighted by Crippen LogP contribution is 2.15. The third kappa shape index (κ3) is 4.78. The minimum atomic E-state index is -3.35. The maximum atomic E-state index is 12.6. The van der Waals surface area contributed by atoms with Crippen LogP contribution in [0.25, 0.3) is 0 Å². The van der Waals surface area contributed by atoms with E-state index in [1.54, 1.807) is 4.90 Å². The van der Waals surface area contributed by atoms with Gasteiger partial charge in [-0.25, -0.2) is 8.42 Å². The van der Waals surface area contributed by atoms with Crippen molar-refractivity contribution in [3.05, 3.63) is 35.4 Å². The quantitative estimate of drug-likeness (QED) is 0.844. The Morgan fingerprint density at radius 2 is 1.74 bits per heavy atom. The lowest BCUT2D eigenvalue weighted by molar-refractivity contribution is -0.134. The molecule has 1 aromatic rings. The van der Waals surface area contributed by atoms with Gasteiger partial charge in [0.1, 0.15) is 0 Å². The molecule has 1 heterocycles. The summed E-state index contributed by atoms with van der Waals surface area (Å²) in [5.74, 6) is 0.0688. The fraction of sp³-hybridized carbons (Fsp3) is 0.588. The van der Waals surface area contributed by atoms with Gasteiger partial charge in [-0.3, -0.25) is 4.79 Å². The first-order valence-corrected chi connectivity index (χ1v) is 9.72. The zero-order chi connectivity index (χ0) is 17.0. The fourth-order valence-corrected chi connectivity index (χ4v) is 4.31. The zero-order valence-electron chi connectivity index (χ0n) is 14.2. The average molecular weight is 338 g/mol. The summed E-state index contributed by atoms with van der Waals surface area (Å²) < 4.78 is 26.8. The Morgan fingerprint density at radius 1 is 1.09 bits per heavy atom. The molecule has 0 bridgehead atoms. The smallest absolute Gasteiger partial charge is 0.225 e. The number of rotatable bonds is 4. The maximum Gasteiger partial charge on any atom is 0.225 e. The lowest BCUT2D eigenvalue weighted by atomic mass is 10.2. The molecular formula is C17H26N2O3S. The number of carbonyl (C=O) groups is 1. The van der Waals surface area contributed by atoms with Crippen LogP contribution < -0.4 is 0 Å². The monoisotopic (exact) mass is 338 g/mol. The summed E-state index contributed by atoms with van der Waals surface area (Å²) in [5.41, 5.74) is 1.92. The number of carbonyl (C=O) groups excluding carboxylic acids is 1. The van der Waals surface area contributed by atoms with E-state index in [1.807, 2.05) is 45.0 Å². The average Bonchev–Trinajstić information content (AvgIpc) is 2.75. The molecule has 1 aromatic carbocycles. The van der Waals surface area contributed by atoms with Gasteiger partial charge in [0.2, 0.25) is 15.9 Å². The largest absolute Gasteiger partial charge is 0.341 e. The number of benzene rings is 1. The van der Waals surface area contributed by atoms with Gasteiger partial charge < -0.3 is 4.90 Å². The molecule has 23 heavy (non-hydrogen) atoms. The van der Waals surface area contributed by atoms with Crippen LogP contribution in [0.1, 0.15) is 31.4 Å². The van der Waals surface area contributed by atoms with Crippen LogP contribution in [0.4, 0.5) is 0 Å². The van der Waals surface area contributed by atoms with Crippen molar-refractivity contribution in [1.82, 2.24) is 9.21 Å². The lowest BCUT2D eigenvalue weighted by Crippen LogP contribution is -2.39. The van der Waals surface area contributed by atoms with Crippen molar-refractivity contribution >= 4 is 15.9 Å². The summed E-state index contributed by atoms with van der Waals surface area (Å²) in [4.78, 5) is 13.9. The van der Waals surface area contributed by atoms with Crippen LogP contribution in [0, 0.1) is 12.8 Å². The Hall–Kier alpha value is -1.40. The highest BCUT2D eigenvalue weighted by Gasteiger charge is 2.27. The Labute approximate surface area is 139 Å². The third-order valence-corrected chi connectivity index (χ3v) is 5.97. The summed E-state index contributed by atoms with van der Waals surface area (Å²) in [5, 5.41) is 0. The molecule has 0 N–H and O–H groups in total. The Kier molecular flexibility index (Phi) is 5.81. The van der Waals surface area contributed by atoms with Crippen LogP contribution in [0.5, 0.6) is 0 Å². The van der Waals surface area contributed by atoms with E-state index in [0.29, 0.717) is 32.6 Å². The summed E-state index contributed by atoms with van der Waals surface area (Å²) in [6.45, 7) is 7.70. The molecule has 1 saturated heterocycles. The molecule has 0 spiro atoms. The number of hydrogen-bond acceptors (Lipinski definition) is 3. The van der Waals surface area contributed by atoms with E-state index in [9.17, 15) is 13.2 Å². The second kappa shape index (κ2) is 7.45. The predicted octanol–water partition coefficient (Wildman–Crippen LogP) is 2.02. The minimum Gasteiger partial charge on any atom is -0.341 e. The Bertz CT molecular complexity index is 638. The molecular weight excluding hydrogens is 312 g/mol. The van der Waals surface area contributed by atoms with E-state index in [2.05, 4.69) is 0 Å². The van der Waals surface area contributed by atoms with Crippen LogP contribution in [0.3, 0.4) is 0 Å². The van der Waals surface area contributed by atoms with Crippen molar-refractivity contribution in [2.24, 2.45) is 5.92 Å². The first kappa shape index (κ1) is 17.9. The summed E-state index contributed by atoms with van der Waals surface area (Å²) >= 11 is 0. The number of aryl methyl sites for hydroxylation is 1. The normalized spacial score (nSPS) is 17.3. The van der Waals surface area contributed by atoms with Crippen LogP contribution in [-0.2, 0) is 20.6 Å². The third-order valence-electron chi connectivity index (χ3n) is 4.12. The molecule has 1 aliphatic heterocycles. The van der Waals surface area contributed by atoms with Crippen LogP contribution in [0.2, 0.25) is 0 Å². The van der Waals surface area contributed by atoms with Crippen molar-refractivity contribution in [2.45, 2.75) is 32.9 Å². The first-order chi connectivity index (χ1) is 10.8. The standard InChI is InChI=1S/C17H26N2O3S/c1-14(2)17(20)18-9-4-10-19(12-11-18)23(21,22)13-16-7-5-15(3)6-8-16/h5-8,14H,4,9-13H2,1-3H3.